The molecule has 0 spiro atoms. The van der Waals surface area contributed by atoms with Crippen molar-refractivity contribution < 1.29 is 18.0 Å². The van der Waals surface area contributed by atoms with Crippen molar-refractivity contribution in [2.24, 2.45) is 0 Å². The largest absolute Gasteiger partial charge is 0.411 e. The van der Waals surface area contributed by atoms with Gasteiger partial charge in [0.2, 0.25) is 5.82 Å². The lowest BCUT2D eigenvalue weighted by molar-refractivity contribution is -0.191. The normalized spacial score (nSPS) is 17.6. The van der Waals surface area contributed by atoms with Crippen molar-refractivity contribution in [3.63, 3.8) is 0 Å². The fraction of sp³-hybridized carbons (Fsp3) is 0.500. The van der Waals surface area contributed by atoms with Crippen LogP contribution >= 0.6 is 11.3 Å². The number of carbonyl (C=O) groups is 1. The van der Waals surface area contributed by atoms with Crippen LogP contribution in [0.4, 0.5) is 13.2 Å². The second-order valence-corrected chi connectivity index (χ2v) is 6.09. The van der Waals surface area contributed by atoms with E-state index in [2.05, 4.69) is 25.9 Å². The Kier molecular flexibility index (Phi) is 3.63. The second kappa shape index (κ2) is 5.34. The van der Waals surface area contributed by atoms with Crippen LogP contribution in [-0.4, -0.2) is 38.2 Å². The first kappa shape index (κ1) is 14.9. The van der Waals surface area contributed by atoms with E-state index in [4.69, 9.17) is 0 Å². The first-order valence-corrected chi connectivity index (χ1v) is 7.51. The van der Waals surface area contributed by atoms with Gasteiger partial charge in [-0.25, -0.2) is 0 Å². The molecule has 6 nitrogen and oxygen atoms in total. The molecule has 2 N–H and O–H groups in total. The van der Waals surface area contributed by atoms with Gasteiger partial charge in [0.1, 0.15) is 5.54 Å². The van der Waals surface area contributed by atoms with Crippen molar-refractivity contribution in [3.05, 3.63) is 17.0 Å². The number of nitrogens with zero attached hydrogens (tertiary/aromatic N) is 3. The number of tetrazole rings is 1. The second-order valence-electron chi connectivity index (χ2n) is 5.18. The number of aromatic nitrogens is 4. The first-order valence-electron chi connectivity index (χ1n) is 6.63. The highest BCUT2D eigenvalue weighted by Gasteiger charge is 2.56. The first-order chi connectivity index (χ1) is 10.4. The van der Waals surface area contributed by atoms with Crippen molar-refractivity contribution >= 4 is 17.2 Å². The molecule has 2 aromatic heterocycles. The van der Waals surface area contributed by atoms with Crippen LogP contribution in [0.1, 0.15) is 36.0 Å². The third kappa shape index (κ3) is 2.58. The summed E-state index contributed by atoms with van der Waals surface area (Å²) in [6.45, 7) is 0. The molecule has 10 heteroatoms. The van der Waals surface area contributed by atoms with Gasteiger partial charge in [-0.15, -0.1) is 21.5 Å². The summed E-state index contributed by atoms with van der Waals surface area (Å²) in [6, 6.07) is 1.46. The quantitative estimate of drug-likeness (QED) is 0.905. The minimum Gasteiger partial charge on any atom is -0.338 e. The van der Waals surface area contributed by atoms with Gasteiger partial charge < -0.3 is 5.32 Å². The van der Waals surface area contributed by atoms with Gasteiger partial charge in [-0.2, -0.15) is 18.4 Å². The summed E-state index contributed by atoms with van der Waals surface area (Å²) in [5, 5.41) is 16.9. The van der Waals surface area contributed by atoms with Gasteiger partial charge in [0.05, 0.1) is 10.4 Å². The van der Waals surface area contributed by atoms with E-state index < -0.39 is 17.6 Å². The Hall–Kier alpha value is -1.97. The molecule has 0 aliphatic heterocycles. The van der Waals surface area contributed by atoms with Crippen LogP contribution in [-0.2, 0) is 0 Å². The number of halogens is 3. The van der Waals surface area contributed by atoms with Crippen molar-refractivity contribution in [3.8, 4) is 10.7 Å². The topological polar surface area (TPSA) is 83.6 Å². The molecule has 1 saturated carbocycles. The summed E-state index contributed by atoms with van der Waals surface area (Å²) in [7, 11) is 0. The molecule has 3 rings (SSSR count). The van der Waals surface area contributed by atoms with Gasteiger partial charge in [-0.1, -0.05) is 12.8 Å². The fourth-order valence-corrected chi connectivity index (χ4v) is 3.40. The highest BCUT2D eigenvalue weighted by Crippen LogP contribution is 2.43. The van der Waals surface area contributed by atoms with Crippen LogP contribution in [0.2, 0.25) is 0 Å². The maximum absolute atomic E-state index is 13.3. The summed E-state index contributed by atoms with van der Waals surface area (Å²) in [5.41, 5.74) is -1.95. The molecule has 0 unspecified atom stereocenters. The highest BCUT2D eigenvalue weighted by atomic mass is 32.1. The van der Waals surface area contributed by atoms with Crippen molar-refractivity contribution in [2.45, 2.75) is 37.4 Å². The predicted octanol–water partition coefficient (Wildman–Crippen LogP) is 2.53. The van der Waals surface area contributed by atoms with Crippen LogP contribution in [0.3, 0.4) is 0 Å². The molecule has 0 atom stereocenters. The summed E-state index contributed by atoms with van der Waals surface area (Å²) in [4.78, 5) is 12.7. The molecule has 1 aliphatic rings. The Morgan fingerprint density at radius 1 is 1.36 bits per heavy atom. The van der Waals surface area contributed by atoms with Crippen molar-refractivity contribution in [1.29, 1.82) is 0 Å². The molecule has 0 bridgehead atoms. The van der Waals surface area contributed by atoms with Crippen LogP contribution in [0.15, 0.2) is 11.4 Å². The van der Waals surface area contributed by atoms with Gasteiger partial charge in [0.25, 0.3) is 5.91 Å². The molecular formula is C12H12F3N5OS. The van der Waals surface area contributed by atoms with Gasteiger partial charge in [-0.05, 0) is 24.1 Å². The zero-order chi connectivity index (χ0) is 15.8. The van der Waals surface area contributed by atoms with Crippen molar-refractivity contribution in [1.82, 2.24) is 25.9 Å². The zero-order valence-corrected chi connectivity index (χ0v) is 12.1. The van der Waals surface area contributed by atoms with Gasteiger partial charge in [0.15, 0.2) is 0 Å². The van der Waals surface area contributed by atoms with E-state index in [9.17, 15) is 18.0 Å². The Morgan fingerprint density at radius 2 is 2.09 bits per heavy atom. The standard InChI is InChI=1S/C12H12F3N5OS/c13-12(14,15)11(3-1-2-4-11)16-10(21)7-5-8(22-6-7)9-17-19-20-18-9/h5-6H,1-4H2,(H,16,21)(H,17,18,19,20). The van der Waals surface area contributed by atoms with E-state index in [0.717, 1.165) is 0 Å². The Bertz CT molecular complexity index is 661. The fourth-order valence-electron chi connectivity index (χ4n) is 2.59. The Labute approximate surface area is 127 Å². The van der Waals surface area contributed by atoms with Crippen LogP contribution < -0.4 is 5.32 Å². The average molecular weight is 331 g/mol. The lowest BCUT2D eigenvalue weighted by atomic mass is 9.96. The lowest BCUT2D eigenvalue weighted by Crippen LogP contribution is -2.56. The molecule has 1 aliphatic carbocycles. The maximum Gasteiger partial charge on any atom is 0.411 e. The molecule has 118 valence electrons. The third-order valence-corrected chi connectivity index (χ3v) is 4.71. The number of nitrogens with one attached hydrogen (secondary N) is 2. The zero-order valence-electron chi connectivity index (χ0n) is 11.3. The number of alkyl halides is 3. The minimum absolute atomic E-state index is 0.0793. The number of rotatable bonds is 3. The molecule has 0 aromatic carbocycles. The Balaban J connectivity index is 1.80. The predicted molar refractivity (Wildman–Crippen MR) is 72.2 cm³/mol. The number of thiophene rings is 1. The molecular weight excluding hydrogens is 319 g/mol. The van der Waals surface area contributed by atoms with E-state index in [1.165, 1.54) is 22.8 Å². The average Bonchev–Trinajstić information content (AvgIpc) is 3.19. The van der Waals surface area contributed by atoms with E-state index in [0.29, 0.717) is 23.5 Å². The molecule has 0 saturated heterocycles. The summed E-state index contributed by atoms with van der Waals surface area (Å²) in [6.07, 6.45) is -3.70. The maximum atomic E-state index is 13.3. The molecule has 0 radical (unpaired) electrons. The summed E-state index contributed by atoms with van der Waals surface area (Å²) < 4.78 is 39.8. The number of hydrogen-bond donors (Lipinski definition) is 2. The molecule has 1 fully saturated rings. The summed E-state index contributed by atoms with van der Waals surface area (Å²) >= 11 is 1.17. The number of hydrogen-bond acceptors (Lipinski definition) is 5. The monoisotopic (exact) mass is 331 g/mol. The van der Waals surface area contributed by atoms with Gasteiger partial charge in [-0.3, -0.25) is 4.79 Å². The smallest absolute Gasteiger partial charge is 0.338 e. The van der Waals surface area contributed by atoms with Crippen LogP contribution in [0, 0.1) is 0 Å². The van der Waals surface area contributed by atoms with E-state index >= 15 is 0 Å². The molecule has 2 heterocycles. The number of H-pyrrole nitrogens is 1. The van der Waals surface area contributed by atoms with Gasteiger partial charge >= 0.3 is 6.18 Å². The number of carbonyl (C=O) groups excluding carboxylic acids is 1. The van der Waals surface area contributed by atoms with Gasteiger partial charge in [0, 0.05) is 5.38 Å². The van der Waals surface area contributed by atoms with Crippen LogP contribution in [0.5, 0.6) is 0 Å². The summed E-state index contributed by atoms with van der Waals surface area (Å²) in [5.74, 6) is -0.430. The molecule has 1 amide bonds. The lowest BCUT2D eigenvalue weighted by Gasteiger charge is -2.32. The number of amides is 1. The SMILES string of the molecule is O=C(NC1(C(F)(F)F)CCCC1)c1csc(-c2nn[nH]n2)c1. The van der Waals surface area contributed by atoms with E-state index in [1.807, 2.05) is 0 Å². The van der Waals surface area contributed by atoms with Crippen molar-refractivity contribution in [2.75, 3.05) is 0 Å². The van der Waals surface area contributed by atoms with Crippen LogP contribution in [0.25, 0.3) is 10.7 Å². The molecule has 2 aromatic rings. The third-order valence-electron chi connectivity index (χ3n) is 3.78. The minimum atomic E-state index is -4.45. The Morgan fingerprint density at radius 3 is 2.68 bits per heavy atom. The van der Waals surface area contributed by atoms with E-state index in [1.54, 1.807) is 0 Å². The molecule has 22 heavy (non-hydrogen) atoms. The number of aromatic amines is 1. The van der Waals surface area contributed by atoms with E-state index in [-0.39, 0.29) is 18.4 Å². The highest BCUT2D eigenvalue weighted by molar-refractivity contribution is 7.13.